The summed E-state index contributed by atoms with van der Waals surface area (Å²) >= 11 is 6.53. The van der Waals surface area contributed by atoms with Crippen LogP contribution in [0.3, 0.4) is 0 Å². The molecule has 4 amide bonds. The zero-order valence-corrected chi connectivity index (χ0v) is 24.7. The Morgan fingerprint density at radius 3 is 2.29 bits per heavy atom. The molecule has 45 heavy (non-hydrogen) atoms. The van der Waals surface area contributed by atoms with Crippen molar-refractivity contribution in [1.82, 2.24) is 5.32 Å². The molecular weight excluding hydrogens is 602 g/mol. The van der Waals surface area contributed by atoms with E-state index in [1.165, 1.54) is 30.3 Å². The predicted octanol–water partition coefficient (Wildman–Crippen LogP) is 6.47. The molecule has 4 aromatic carbocycles. The number of hydrogen-bond donors (Lipinski definition) is 1. The molecule has 0 saturated carbocycles. The number of nitro benzene ring substituents is 1. The number of nitrogens with zero attached hydrogens (tertiary/aromatic N) is 2. The standard InChI is InChI=1S/C33H26ClN3O8/c1-2-43-29-18-23(17-28(34)30(29)45-20-22-9-6-10-25(15-22)37(41)42)16-27-31(38)35-33(40)36(32(27)39)24-11-13-26(14-12-24)44-19-21-7-4-3-5-8-21/h3-18H,2,19-20H2,1H3,(H,35,38,40)/b27-16+. The third-order valence-corrected chi connectivity index (χ3v) is 6.87. The summed E-state index contributed by atoms with van der Waals surface area (Å²) in [5, 5.41) is 13.4. The Kier molecular flexibility index (Phi) is 9.40. The van der Waals surface area contributed by atoms with Crippen molar-refractivity contribution in [3.05, 3.63) is 128 Å². The molecule has 4 aromatic rings. The number of hydrogen-bond acceptors (Lipinski definition) is 8. The van der Waals surface area contributed by atoms with Gasteiger partial charge in [-0.3, -0.25) is 25.0 Å². The molecule has 1 N–H and O–H groups in total. The van der Waals surface area contributed by atoms with Gasteiger partial charge in [-0.1, -0.05) is 54.1 Å². The normalized spacial score (nSPS) is 13.9. The van der Waals surface area contributed by atoms with E-state index in [4.69, 9.17) is 25.8 Å². The Morgan fingerprint density at radius 2 is 1.58 bits per heavy atom. The van der Waals surface area contributed by atoms with E-state index in [0.29, 0.717) is 23.5 Å². The van der Waals surface area contributed by atoms with Crippen LogP contribution >= 0.6 is 11.6 Å². The topological polar surface area (TPSA) is 137 Å². The Balaban J connectivity index is 1.36. The summed E-state index contributed by atoms with van der Waals surface area (Å²) in [6, 6.07) is 24.0. The van der Waals surface area contributed by atoms with E-state index in [1.807, 2.05) is 30.3 Å². The van der Waals surface area contributed by atoms with Gasteiger partial charge in [-0.25, -0.2) is 9.69 Å². The Morgan fingerprint density at radius 1 is 0.867 bits per heavy atom. The first-order valence-electron chi connectivity index (χ1n) is 13.7. The molecule has 0 radical (unpaired) electrons. The van der Waals surface area contributed by atoms with Crippen LogP contribution < -0.4 is 24.4 Å². The largest absolute Gasteiger partial charge is 0.490 e. The van der Waals surface area contributed by atoms with Crippen molar-refractivity contribution < 1.29 is 33.5 Å². The minimum absolute atomic E-state index is 0.0318. The lowest BCUT2D eigenvalue weighted by molar-refractivity contribution is -0.384. The van der Waals surface area contributed by atoms with Gasteiger partial charge in [0.15, 0.2) is 11.5 Å². The second-order valence-electron chi connectivity index (χ2n) is 9.70. The molecule has 228 valence electrons. The van der Waals surface area contributed by atoms with E-state index in [-0.39, 0.29) is 46.7 Å². The average Bonchev–Trinajstić information content (AvgIpc) is 3.03. The molecule has 1 fully saturated rings. The molecule has 1 heterocycles. The number of nitrogens with one attached hydrogen (secondary N) is 1. The van der Waals surface area contributed by atoms with E-state index >= 15 is 0 Å². The van der Waals surface area contributed by atoms with Crippen LogP contribution in [0.15, 0.2) is 96.6 Å². The van der Waals surface area contributed by atoms with Crippen LogP contribution in [-0.2, 0) is 22.8 Å². The van der Waals surface area contributed by atoms with Crippen LogP contribution in [0, 0.1) is 10.1 Å². The zero-order chi connectivity index (χ0) is 31.9. The first-order valence-corrected chi connectivity index (χ1v) is 14.1. The number of imide groups is 2. The second-order valence-corrected chi connectivity index (χ2v) is 10.1. The average molecular weight is 628 g/mol. The fourth-order valence-corrected chi connectivity index (χ4v) is 4.75. The van der Waals surface area contributed by atoms with Crippen molar-refractivity contribution in [2.75, 3.05) is 11.5 Å². The zero-order valence-electron chi connectivity index (χ0n) is 23.9. The molecule has 0 aromatic heterocycles. The Labute approximate surface area is 262 Å². The van der Waals surface area contributed by atoms with Gasteiger partial charge >= 0.3 is 6.03 Å². The van der Waals surface area contributed by atoms with Crippen LogP contribution in [0.2, 0.25) is 5.02 Å². The highest BCUT2D eigenvalue weighted by Crippen LogP contribution is 2.38. The summed E-state index contributed by atoms with van der Waals surface area (Å²) in [5.41, 5.74) is 1.71. The lowest BCUT2D eigenvalue weighted by Crippen LogP contribution is -2.54. The number of carbonyl (C=O) groups excluding carboxylic acids is 3. The van der Waals surface area contributed by atoms with E-state index < -0.39 is 22.8 Å². The summed E-state index contributed by atoms with van der Waals surface area (Å²) in [6.45, 7) is 2.31. The number of anilines is 1. The molecule has 0 aliphatic carbocycles. The van der Waals surface area contributed by atoms with Gasteiger partial charge in [-0.15, -0.1) is 0 Å². The van der Waals surface area contributed by atoms with E-state index in [2.05, 4.69) is 5.32 Å². The molecule has 0 bridgehead atoms. The van der Waals surface area contributed by atoms with E-state index in [1.54, 1.807) is 43.3 Å². The van der Waals surface area contributed by atoms with Crippen molar-refractivity contribution in [1.29, 1.82) is 0 Å². The van der Waals surface area contributed by atoms with Gasteiger partial charge in [-0.2, -0.15) is 0 Å². The van der Waals surface area contributed by atoms with Gasteiger partial charge < -0.3 is 14.2 Å². The number of urea groups is 1. The number of halogens is 1. The summed E-state index contributed by atoms with van der Waals surface area (Å²) in [4.78, 5) is 50.4. The maximum atomic E-state index is 13.5. The van der Waals surface area contributed by atoms with Crippen LogP contribution in [0.5, 0.6) is 17.2 Å². The third-order valence-electron chi connectivity index (χ3n) is 6.59. The monoisotopic (exact) mass is 627 g/mol. The molecule has 11 nitrogen and oxygen atoms in total. The fourth-order valence-electron chi connectivity index (χ4n) is 4.48. The number of barbiturate groups is 1. The number of benzene rings is 4. The van der Waals surface area contributed by atoms with Crippen molar-refractivity contribution in [3.8, 4) is 17.2 Å². The highest BCUT2D eigenvalue weighted by molar-refractivity contribution is 6.39. The minimum atomic E-state index is -0.891. The highest BCUT2D eigenvalue weighted by Gasteiger charge is 2.37. The highest BCUT2D eigenvalue weighted by atomic mass is 35.5. The number of non-ortho nitro benzene ring substituents is 1. The van der Waals surface area contributed by atoms with Gasteiger partial charge in [0.05, 0.1) is 22.2 Å². The van der Waals surface area contributed by atoms with Gasteiger partial charge in [-0.05, 0) is 66.1 Å². The molecule has 0 atom stereocenters. The molecule has 1 saturated heterocycles. The van der Waals surface area contributed by atoms with Gasteiger partial charge in [0.2, 0.25) is 0 Å². The molecule has 1 aliphatic heterocycles. The van der Waals surface area contributed by atoms with Crippen molar-refractivity contribution in [2.24, 2.45) is 0 Å². The number of rotatable bonds is 11. The lowest BCUT2D eigenvalue weighted by atomic mass is 10.1. The van der Waals surface area contributed by atoms with Crippen LogP contribution in [0.1, 0.15) is 23.6 Å². The van der Waals surface area contributed by atoms with Crippen LogP contribution in [-0.4, -0.2) is 29.4 Å². The number of nitro groups is 1. The first-order chi connectivity index (χ1) is 21.7. The molecule has 12 heteroatoms. The second kappa shape index (κ2) is 13.7. The predicted molar refractivity (Wildman–Crippen MR) is 166 cm³/mol. The quantitative estimate of drug-likeness (QED) is 0.0864. The Hall–Kier alpha value is -5.68. The van der Waals surface area contributed by atoms with E-state index in [9.17, 15) is 24.5 Å². The third kappa shape index (κ3) is 7.28. The van der Waals surface area contributed by atoms with Crippen LogP contribution in [0.25, 0.3) is 6.08 Å². The fraction of sp³-hybridized carbons (Fsp3) is 0.121. The van der Waals surface area contributed by atoms with Gasteiger partial charge in [0.1, 0.15) is 24.5 Å². The Bertz CT molecular complexity index is 1790. The van der Waals surface area contributed by atoms with Crippen LogP contribution in [0.4, 0.5) is 16.2 Å². The van der Waals surface area contributed by atoms with Crippen molar-refractivity contribution >= 4 is 46.9 Å². The van der Waals surface area contributed by atoms with Gasteiger partial charge in [0.25, 0.3) is 17.5 Å². The summed E-state index contributed by atoms with van der Waals surface area (Å²) in [5.74, 6) is -0.765. The SMILES string of the molecule is CCOc1cc(/C=C2\C(=O)NC(=O)N(c3ccc(OCc4ccccc4)cc3)C2=O)cc(Cl)c1OCc1cccc([N+](=O)[O-])c1. The summed E-state index contributed by atoms with van der Waals surface area (Å²) in [7, 11) is 0. The molecule has 5 rings (SSSR count). The first kappa shape index (κ1) is 30.8. The molecule has 1 aliphatic rings. The van der Waals surface area contributed by atoms with Crippen molar-refractivity contribution in [3.63, 3.8) is 0 Å². The summed E-state index contributed by atoms with van der Waals surface area (Å²) < 4.78 is 17.4. The number of ether oxygens (including phenoxy) is 3. The molecular formula is C33H26ClN3O8. The lowest BCUT2D eigenvalue weighted by Gasteiger charge is -2.26. The smallest absolute Gasteiger partial charge is 0.335 e. The molecule has 0 spiro atoms. The summed E-state index contributed by atoms with van der Waals surface area (Å²) in [6.07, 6.45) is 1.30. The maximum Gasteiger partial charge on any atom is 0.335 e. The number of amides is 4. The van der Waals surface area contributed by atoms with E-state index in [0.717, 1.165) is 10.5 Å². The van der Waals surface area contributed by atoms with Crippen molar-refractivity contribution in [2.45, 2.75) is 20.1 Å². The molecule has 0 unspecified atom stereocenters. The maximum absolute atomic E-state index is 13.5. The number of carbonyl (C=O) groups is 3. The van der Waals surface area contributed by atoms with Gasteiger partial charge in [0, 0.05) is 12.1 Å². The minimum Gasteiger partial charge on any atom is -0.490 e.